The molecule has 23 nitrogen and oxygen atoms in total. The number of carbonyl (C=O) groups excluding carboxylic acids is 7. The number of aryl methyl sites for hydroxylation is 7. The molecule has 0 unspecified atom stereocenters. The topological polar surface area (TPSA) is 254 Å². The zero-order valence-electron chi connectivity index (χ0n) is 39.6. The zero-order valence-corrected chi connectivity index (χ0v) is 39.6. The van der Waals surface area contributed by atoms with Crippen molar-refractivity contribution in [3.05, 3.63) is 126 Å². The maximum Gasteiger partial charge on any atom is 0.291 e. The van der Waals surface area contributed by atoms with Crippen LogP contribution in [-0.2, 0) is 49.3 Å². The second-order valence-electron chi connectivity index (χ2n) is 16.8. The van der Waals surface area contributed by atoms with Gasteiger partial charge < -0.3 is 74.1 Å². The van der Waals surface area contributed by atoms with E-state index < -0.39 is 35.4 Å². The molecular formula is C46H54N16O7. The summed E-state index contributed by atoms with van der Waals surface area (Å²) in [5, 5.41) is 19.6. The maximum absolute atomic E-state index is 13.5. The molecule has 0 fully saturated rings. The van der Waals surface area contributed by atoms with Gasteiger partial charge in [0, 0.05) is 105 Å². The van der Waals surface area contributed by atoms with E-state index in [2.05, 4.69) is 42.2 Å². The number of hydrogen-bond acceptors (Lipinski definition) is 9. The molecule has 0 aliphatic carbocycles. The Morgan fingerprint density at radius 2 is 0.696 bits per heavy atom. The fourth-order valence-electron chi connectivity index (χ4n) is 7.59. The normalized spacial score (nSPS) is 11.1. The van der Waals surface area contributed by atoms with Crippen LogP contribution in [0, 0.1) is 0 Å². The molecule has 0 aliphatic heterocycles. The molecule has 7 rings (SSSR count). The van der Waals surface area contributed by atoms with Gasteiger partial charge in [-0.15, -0.1) is 0 Å². The standard InChI is InChI=1S/C46H54N16O7/c1-55(2)13-10-11-48-40(63)33-15-27(21-57(33)4)49-41(64)34-16-28(22-58(34)5)50-42(65)35-17-29(23-59(35)6)51-43(66)36-18-30(24-60(36)7)52-44(67)37-19-31(25-61(37)8)53-45(68)38-20-32(26-62(38)9)54-46(69)39-47-12-14-56(39)3/h12,14-26H,10-11,13H2,1-9H3,(H,48,63)(H,49,64)(H,50,65)(H,51,66)(H,52,67)(H,53,68)(H,54,69). The first kappa shape index (κ1) is 48.1. The number of aromatic nitrogens is 8. The van der Waals surface area contributed by atoms with Crippen molar-refractivity contribution >= 4 is 75.5 Å². The highest BCUT2D eigenvalue weighted by molar-refractivity contribution is 6.11. The molecule has 0 aliphatic rings. The van der Waals surface area contributed by atoms with E-state index in [9.17, 15) is 33.6 Å². The third kappa shape index (κ3) is 11.1. The molecule has 360 valence electrons. The van der Waals surface area contributed by atoms with E-state index in [-0.39, 0.29) is 40.2 Å². The number of carbonyl (C=O) groups is 7. The molecule has 7 amide bonds. The van der Waals surface area contributed by atoms with Gasteiger partial charge in [-0.2, -0.15) is 0 Å². The van der Waals surface area contributed by atoms with Gasteiger partial charge in [0.15, 0.2) is 5.82 Å². The quantitative estimate of drug-likeness (QED) is 0.0658. The van der Waals surface area contributed by atoms with Crippen LogP contribution in [0.2, 0.25) is 0 Å². The van der Waals surface area contributed by atoms with E-state index in [4.69, 9.17) is 0 Å². The van der Waals surface area contributed by atoms with Gasteiger partial charge in [-0.05, 0) is 63.5 Å². The van der Waals surface area contributed by atoms with Gasteiger partial charge in [0.25, 0.3) is 41.4 Å². The Morgan fingerprint density at radius 3 is 0.957 bits per heavy atom. The highest BCUT2D eigenvalue weighted by Crippen LogP contribution is 2.23. The van der Waals surface area contributed by atoms with Gasteiger partial charge in [-0.3, -0.25) is 33.6 Å². The van der Waals surface area contributed by atoms with Crippen molar-refractivity contribution < 1.29 is 33.6 Å². The Labute approximate surface area is 396 Å². The molecule has 7 heterocycles. The van der Waals surface area contributed by atoms with Gasteiger partial charge in [-0.1, -0.05) is 0 Å². The van der Waals surface area contributed by atoms with E-state index in [0.717, 1.165) is 13.0 Å². The number of imidazole rings is 1. The summed E-state index contributed by atoms with van der Waals surface area (Å²) < 4.78 is 11.0. The van der Waals surface area contributed by atoms with Crippen LogP contribution in [0.3, 0.4) is 0 Å². The third-order valence-corrected chi connectivity index (χ3v) is 11.1. The molecule has 0 saturated heterocycles. The van der Waals surface area contributed by atoms with Gasteiger partial charge in [0.1, 0.15) is 34.2 Å². The molecule has 7 aromatic rings. The average molecular weight is 943 g/mol. The minimum Gasteiger partial charge on any atom is -0.351 e. The van der Waals surface area contributed by atoms with Gasteiger partial charge in [0.2, 0.25) is 0 Å². The third-order valence-electron chi connectivity index (χ3n) is 11.1. The van der Waals surface area contributed by atoms with Crippen LogP contribution in [0.1, 0.15) is 80.0 Å². The number of rotatable bonds is 17. The summed E-state index contributed by atoms with van der Waals surface area (Å²) in [6.45, 7) is 1.35. The average Bonchev–Trinajstić information content (AvgIpc) is 4.16. The van der Waals surface area contributed by atoms with Crippen LogP contribution in [0.25, 0.3) is 0 Å². The fraction of sp³-hybridized carbons (Fsp3) is 0.261. The van der Waals surface area contributed by atoms with Crippen molar-refractivity contribution in [2.75, 3.05) is 59.1 Å². The summed E-state index contributed by atoms with van der Waals surface area (Å²) in [6.07, 6.45) is 13.5. The second-order valence-corrected chi connectivity index (χ2v) is 16.8. The molecule has 0 saturated carbocycles. The van der Waals surface area contributed by atoms with Crippen LogP contribution in [0.4, 0.5) is 34.1 Å². The Morgan fingerprint density at radius 1 is 0.420 bits per heavy atom. The number of nitrogens with one attached hydrogen (secondary N) is 7. The lowest BCUT2D eigenvalue weighted by atomic mass is 10.3. The van der Waals surface area contributed by atoms with E-state index in [1.807, 2.05) is 19.0 Å². The summed E-state index contributed by atoms with van der Waals surface area (Å²) in [5.74, 6) is -2.91. The van der Waals surface area contributed by atoms with Crippen LogP contribution >= 0.6 is 0 Å². The van der Waals surface area contributed by atoms with Crippen molar-refractivity contribution in [2.24, 2.45) is 49.3 Å². The van der Waals surface area contributed by atoms with Crippen molar-refractivity contribution in [1.29, 1.82) is 0 Å². The number of amides is 7. The van der Waals surface area contributed by atoms with E-state index in [1.165, 1.54) is 41.1 Å². The van der Waals surface area contributed by atoms with Crippen molar-refractivity contribution in [1.82, 2.24) is 47.2 Å². The van der Waals surface area contributed by atoms with Crippen molar-refractivity contribution in [3.8, 4) is 0 Å². The second kappa shape index (κ2) is 19.9. The smallest absolute Gasteiger partial charge is 0.291 e. The van der Waals surface area contributed by atoms with Crippen LogP contribution in [-0.4, -0.2) is 110 Å². The molecule has 23 heteroatoms. The van der Waals surface area contributed by atoms with E-state index in [0.29, 0.717) is 46.4 Å². The van der Waals surface area contributed by atoms with E-state index >= 15 is 0 Å². The molecule has 0 atom stereocenters. The molecule has 0 radical (unpaired) electrons. The largest absolute Gasteiger partial charge is 0.351 e. The summed E-state index contributed by atoms with van der Waals surface area (Å²) >= 11 is 0. The summed E-state index contributed by atoms with van der Waals surface area (Å²) in [6, 6.07) is 9.16. The Bertz CT molecular complexity index is 3130. The molecule has 0 aromatic carbocycles. The lowest BCUT2D eigenvalue weighted by Gasteiger charge is -2.10. The molecule has 7 aromatic heterocycles. The molecular weight excluding hydrogens is 889 g/mol. The predicted octanol–water partition coefficient (Wildman–Crippen LogP) is 3.65. The van der Waals surface area contributed by atoms with Crippen LogP contribution in [0.15, 0.2) is 86.0 Å². The summed E-state index contributed by atoms with van der Waals surface area (Å²) in [5.41, 5.74) is 3.73. The first-order valence-corrected chi connectivity index (χ1v) is 21.5. The van der Waals surface area contributed by atoms with E-state index in [1.54, 1.807) is 126 Å². The molecule has 0 bridgehead atoms. The molecule has 0 spiro atoms. The number of hydrogen-bond donors (Lipinski definition) is 7. The maximum atomic E-state index is 13.5. The fourth-order valence-corrected chi connectivity index (χ4v) is 7.59. The van der Waals surface area contributed by atoms with Crippen LogP contribution < -0.4 is 37.2 Å². The Hall–Kier alpha value is -8.86. The minimum absolute atomic E-state index is 0.207. The highest BCUT2D eigenvalue weighted by atomic mass is 16.2. The number of anilines is 6. The Balaban J connectivity index is 0.919. The first-order valence-electron chi connectivity index (χ1n) is 21.5. The van der Waals surface area contributed by atoms with Crippen molar-refractivity contribution in [2.45, 2.75) is 6.42 Å². The van der Waals surface area contributed by atoms with Gasteiger partial charge in [0.05, 0.1) is 34.1 Å². The summed E-state index contributed by atoms with van der Waals surface area (Å²) in [4.78, 5) is 98.3. The highest BCUT2D eigenvalue weighted by Gasteiger charge is 2.22. The van der Waals surface area contributed by atoms with Crippen LogP contribution in [0.5, 0.6) is 0 Å². The first-order chi connectivity index (χ1) is 32.7. The van der Waals surface area contributed by atoms with Gasteiger partial charge >= 0.3 is 0 Å². The monoisotopic (exact) mass is 942 g/mol. The lowest BCUT2D eigenvalue weighted by molar-refractivity contribution is 0.0940. The Kier molecular flexibility index (Phi) is 13.9. The number of nitrogens with zero attached hydrogens (tertiary/aromatic N) is 9. The zero-order chi connectivity index (χ0) is 49.8. The van der Waals surface area contributed by atoms with Crippen molar-refractivity contribution in [3.63, 3.8) is 0 Å². The summed E-state index contributed by atoms with van der Waals surface area (Å²) in [7, 11) is 15.6. The lowest BCUT2D eigenvalue weighted by Crippen LogP contribution is -2.28. The predicted molar refractivity (Wildman–Crippen MR) is 259 cm³/mol. The molecule has 69 heavy (non-hydrogen) atoms. The SMILES string of the molecule is CN(C)CCCNC(=O)c1cc(NC(=O)c2cc(NC(=O)c3cc(NC(=O)c4cc(NC(=O)c5cc(NC(=O)c6cc(NC(=O)c7nccn7C)cn6C)cn5C)cn4C)cn3C)cn2C)cn1C. The minimum atomic E-state index is -0.510. The molecule has 7 N–H and O–H groups in total. The van der Waals surface area contributed by atoms with Gasteiger partial charge in [-0.25, -0.2) is 4.98 Å².